The Morgan fingerprint density at radius 3 is 1.37 bits per heavy atom. The zero-order chi connectivity index (χ0) is 41.4. The van der Waals surface area contributed by atoms with Gasteiger partial charge in [0.15, 0.2) is 0 Å². The SMILES string of the molecule is Cc1ccc(N(c2ccccc2)c2ccc3c(c2)C2(c4ccccc4Oc4ccccc42)c2c-3c3ccccc3c3cc(N(c4ccccc4)c4ccc(C)cc4)ccc23)cc1. The molecule has 3 heteroatoms. The van der Waals surface area contributed by atoms with E-state index in [9.17, 15) is 0 Å². The van der Waals surface area contributed by atoms with Gasteiger partial charge in [-0.05, 0) is 143 Å². The maximum Gasteiger partial charge on any atom is 0.132 e. The minimum Gasteiger partial charge on any atom is -0.457 e. The first kappa shape index (κ1) is 36.0. The lowest BCUT2D eigenvalue weighted by molar-refractivity contribution is 0.437. The van der Waals surface area contributed by atoms with E-state index in [1.165, 1.54) is 54.9 Å². The molecule has 0 saturated carbocycles. The van der Waals surface area contributed by atoms with Gasteiger partial charge in [-0.2, -0.15) is 0 Å². The Kier molecular flexibility index (Phi) is 8.20. The summed E-state index contributed by atoms with van der Waals surface area (Å²) in [5, 5.41) is 4.90. The van der Waals surface area contributed by atoms with Crippen molar-refractivity contribution in [1.82, 2.24) is 0 Å². The lowest BCUT2D eigenvalue weighted by Gasteiger charge is -2.40. The predicted octanol–water partition coefficient (Wildman–Crippen LogP) is 16.0. The smallest absolute Gasteiger partial charge is 0.132 e. The first-order valence-electron chi connectivity index (χ1n) is 21.4. The number of fused-ring (bicyclic) bond motifs is 14. The Balaban J connectivity index is 1.20. The summed E-state index contributed by atoms with van der Waals surface area (Å²) < 4.78 is 6.86. The van der Waals surface area contributed by atoms with Gasteiger partial charge in [-0.1, -0.05) is 145 Å². The molecule has 1 heterocycles. The Morgan fingerprint density at radius 2 is 0.790 bits per heavy atom. The van der Waals surface area contributed by atoms with E-state index in [4.69, 9.17) is 4.74 Å². The monoisotopic (exact) mass is 794 g/mol. The molecule has 294 valence electrons. The van der Waals surface area contributed by atoms with Crippen molar-refractivity contribution < 1.29 is 4.74 Å². The van der Waals surface area contributed by atoms with Crippen molar-refractivity contribution in [1.29, 1.82) is 0 Å². The molecule has 62 heavy (non-hydrogen) atoms. The molecule has 10 aromatic carbocycles. The van der Waals surface area contributed by atoms with Crippen molar-refractivity contribution in [3.8, 4) is 22.6 Å². The fourth-order valence-electron chi connectivity index (χ4n) is 10.3. The normalized spacial score (nSPS) is 12.9. The number of anilines is 6. The number of nitrogens with zero attached hydrogens (tertiary/aromatic N) is 2. The number of rotatable bonds is 6. The van der Waals surface area contributed by atoms with Crippen LogP contribution in [0.2, 0.25) is 0 Å². The molecular formula is C59H42N2O. The zero-order valence-electron chi connectivity index (χ0n) is 34.6. The highest BCUT2D eigenvalue weighted by Gasteiger charge is 2.52. The van der Waals surface area contributed by atoms with Gasteiger partial charge >= 0.3 is 0 Å². The summed E-state index contributed by atoms with van der Waals surface area (Å²) in [5.41, 5.74) is 15.7. The van der Waals surface area contributed by atoms with Crippen LogP contribution in [0.3, 0.4) is 0 Å². The molecule has 0 bridgehead atoms. The number of ether oxygens (including phenoxy) is 1. The molecular weight excluding hydrogens is 753 g/mol. The fraction of sp³-hybridized carbons (Fsp3) is 0.0508. The third-order valence-corrected chi connectivity index (χ3v) is 13.0. The number of para-hydroxylation sites is 4. The maximum atomic E-state index is 6.86. The number of hydrogen-bond acceptors (Lipinski definition) is 3. The minimum atomic E-state index is -0.707. The highest BCUT2D eigenvalue weighted by atomic mass is 16.5. The van der Waals surface area contributed by atoms with Crippen molar-refractivity contribution in [3.63, 3.8) is 0 Å². The van der Waals surface area contributed by atoms with E-state index < -0.39 is 5.41 Å². The lowest BCUT2D eigenvalue weighted by Crippen LogP contribution is -2.32. The van der Waals surface area contributed by atoms with Gasteiger partial charge in [-0.25, -0.2) is 0 Å². The summed E-state index contributed by atoms with van der Waals surface area (Å²) in [6, 6.07) is 79.8. The first-order chi connectivity index (χ1) is 30.6. The minimum absolute atomic E-state index is 0.707. The molecule has 2 aliphatic rings. The first-order valence-corrected chi connectivity index (χ1v) is 21.4. The van der Waals surface area contributed by atoms with Gasteiger partial charge in [0, 0.05) is 45.3 Å². The van der Waals surface area contributed by atoms with Crippen molar-refractivity contribution in [2.75, 3.05) is 9.80 Å². The summed E-state index contributed by atoms with van der Waals surface area (Å²) in [4.78, 5) is 4.76. The van der Waals surface area contributed by atoms with Gasteiger partial charge < -0.3 is 14.5 Å². The van der Waals surface area contributed by atoms with Gasteiger partial charge in [0.2, 0.25) is 0 Å². The molecule has 0 aromatic heterocycles. The second-order valence-electron chi connectivity index (χ2n) is 16.6. The van der Waals surface area contributed by atoms with E-state index in [0.717, 1.165) is 56.8 Å². The molecule has 0 unspecified atom stereocenters. The van der Waals surface area contributed by atoms with Crippen molar-refractivity contribution in [2.24, 2.45) is 0 Å². The van der Waals surface area contributed by atoms with E-state index >= 15 is 0 Å². The number of hydrogen-bond donors (Lipinski definition) is 0. The maximum absolute atomic E-state index is 6.86. The van der Waals surface area contributed by atoms with Crippen LogP contribution >= 0.6 is 0 Å². The van der Waals surface area contributed by atoms with Crippen molar-refractivity contribution >= 4 is 55.7 Å². The van der Waals surface area contributed by atoms with E-state index in [1.807, 2.05) is 0 Å². The highest BCUT2D eigenvalue weighted by molar-refractivity contribution is 6.20. The third kappa shape index (κ3) is 5.38. The highest BCUT2D eigenvalue weighted by Crippen LogP contribution is 2.65. The standard InChI is InChI=1S/C59H42N2O/c1-39-25-29-43(30-26-39)60(41-15-5-3-6-16-41)45-33-35-49-51(37-45)47-19-9-10-20-48(47)57-50-36-34-46(61(42-17-7-4-8-18-42)44-31-27-40(2)28-32-44)38-54(50)59(58(49)57)52-21-11-13-23-55(52)62-56-24-14-12-22-53(56)59/h3-38H,1-2H3. The molecule has 1 aliphatic heterocycles. The van der Waals surface area contributed by atoms with E-state index in [1.54, 1.807) is 0 Å². The summed E-state index contributed by atoms with van der Waals surface area (Å²) in [7, 11) is 0. The van der Waals surface area contributed by atoms with Crippen LogP contribution in [0.4, 0.5) is 34.1 Å². The number of aryl methyl sites for hydroxylation is 2. The van der Waals surface area contributed by atoms with Crippen LogP contribution < -0.4 is 14.5 Å². The molecule has 12 rings (SSSR count). The van der Waals surface area contributed by atoms with Crippen molar-refractivity contribution in [2.45, 2.75) is 19.3 Å². The molecule has 0 radical (unpaired) electrons. The second-order valence-corrected chi connectivity index (χ2v) is 16.6. The van der Waals surface area contributed by atoms with Crippen LogP contribution in [-0.2, 0) is 5.41 Å². The number of benzene rings is 10. The van der Waals surface area contributed by atoms with Crippen LogP contribution in [0, 0.1) is 13.8 Å². The molecule has 0 atom stereocenters. The Bertz CT molecular complexity index is 3290. The lowest BCUT2D eigenvalue weighted by atomic mass is 9.65. The predicted molar refractivity (Wildman–Crippen MR) is 258 cm³/mol. The topological polar surface area (TPSA) is 15.7 Å². The Morgan fingerprint density at radius 1 is 0.339 bits per heavy atom. The fourth-order valence-corrected chi connectivity index (χ4v) is 10.3. The molecule has 1 aliphatic carbocycles. The Hall–Kier alpha value is -7.88. The third-order valence-electron chi connectivity index (χ3n) is 13.0. The van der Waals surface area contributed by atoms with Crippen LogP contribution in [0.1, 0.15) is 33.4 Å². The van der Waals surface area contributed by atoms with Crippen LogP contribution in [0.5, 0.6) is 11.5 Å². The quantitative estimate of drug-likeness (QED) is 0.156. The van der Waals surface area contributed by atoms with E-state index in [0.29, 0.717) is 0 Å². The average molecular weight is 795 g/mol. The second kappa shape index (κ2) is 14.1. The van der Waals surface area contributed by atoms with Crippen molar-refractivity contribution in [3.05, 3.63) is 252 Å². The molecule has 0 fully saturated rings. The van der Waals surface area contributed by atoms with Gasteiger partial charge in [-0.3, -0.25) is 0 Å². The largest absolute Gasteiger partial charge is 0.457 e. The Labute approximate surface area is 362 Å². The van der Waals surface area contributed by atoms with Gasteiger partial charge in [0.1, 0.15) is 11.5 Å². The molecule has 10 aromatic rings. The summed E-state index contributed by atoms with van der Waals surface area (Å²) in [6.45, 7) is 4.29. The molecule has 0 N–H and O–H groups in total. The molecule has 0 amide bonds. The molecule has 0 saturated heterocycles. The van der Waals surface area contributed by atoms with Gasteiger partial charge in [0.25, 0.3) is 0 Å². The summed E-state index contributed by atoms with van der Waals surface area (Å²) >= 11 is 0. The van der Waals surface area contributed by atoms with Gasteiger partial charge in [-0.15, -0.1) is 0 Å². The van der Waals surface area contributed by atoms with Gasteiger partial charge in [0.05, 0.1) is 5.41 Å². The zero-order valence-corrected chi connectivity index (χ0v) is 34.6. The van der Waals surface area contributed by atoms with E-state index in [2.05, 4.69) is 242 Å². The van der Waals surface area contributed by atoms with E-state index in [-0.39, 0.29) is 0 Å². The van der Waals surface area contributed by atoms with Crippen LogP contribution in [-0.4, -0.2) is 0 Å². The molecule has 3 nitrogen and oxygen atoms in total. The average Bonchev–Trinajstić information content (AvgIpc) is 3.62. The molecule has 1 spiro atoms. The van der Waals surface area contributed by atoms with Crippen LogP contribution in [0.15, 0.2) is 218 Å². The van der Waals surface area contributed by atoms with Crippen LogP contribution in [0.25, 0.3) is 32.7 Å². The summed E-state index contributed by atoms with van der Waals surface area (Å²) in [5.74, 6) is 1.75. The summed E-state index contributed by atoms with van der Waals surface area (Å²) in [6.07, 6.45) is 0.